The molecule has 0 radical (unpaired) electrons. The molecule has 146 valence electrons. The maximum Gasteiger partial charge on any atom is 0.242 e. The van der Waals surface area contributed by atoms with Crippen LogP contribution in [0.25, 0.3) is 22.2 Å². The SMILES string of the molecule is CN(C)S(=O)(=O)c1ccc(N2CC3CCC2C3)c(-c2cc3ccccc3[nH]2)c1. The van der Waals surface area contributed by atoms with Crippen LogP contribution >= 0.6 is 0 Å². The first-order valence-electron chi connectivity index (χ1n) is 9.85. The number of para-hydroxylation sites is 1. The molecule has 5 nitrogen and oxygen atoms in total. The molecule has 1 aliphatic carbocycles. The molecule has 1 saturated heterocycles. The zero-order valence-electron chi connectivity index (χ0n) is 16.2. The first kappa shape index (κ1) is 17.8. The number of aromatic nitrogens is 1. The van der Waals surface area contributed by atoms with Gasteiger partial charge in [-0.3, -0.25) is 0 Å². The number of aromatic amines is 1. The number of nitrogens with one attached hydrogen (secondary N) is 1. The van der Waals surface area contributed by atoms with Crippen LogP contribution in [-0.4, -0.2) is 44.4 Å². The minimum atomic E-state index is -3.49. The fourth-order valence-electron chi connectivity index (χ4n) is 4.79. The third kappa shape index (κ3) is 2.74. The second kappa shape index (κ2) is 6.36. The number of fused-ring (bicyclic) bond motifs is 3. The highest BCUT2D eigenvalue weighted by Crippen LogP contribution is 2.44. The van der Waals surface area contributed by atoms with E-state index >= 15 is 0 Å². The standard InChI is InChI=1S/C22H25N3O2S/c1-24(2)28(26,27)18-9-10-22(25-14-15-7-8-17(25)11-15)19(13-18)21-12-16-5-3-4-6-20(16)23-21/h3-6,9-10,12-13,15,17,23H,7-8,11,14H2,1-2H3. The van der Waals surface area contributed by atoms with Crippen molar-refractivity contribution in [2.24, 2.45) is 5.92 Å². The van der Waals surface area contributed by atoms with E-state index in [4.69, 9.17) is 0 Å². The molecule has 1 aliphatic heterocycles. The fraction of sp³-hybridized carbons (Fsp3) is 0.364. The second-order valence-electron chi connectivity index (χ2n) is 8.22. The van der Waals surface area contributed by atoms with Gasteiger partial charge in [0, 0.05) is 54.5 Å². The predicted octanol–water partition coefficient (Wildman–Crippen LogP) is 4.07. The highest BCUT2D eigenvalue weighted by atomic mass is 32.2. The van der Waals surface area contributed by atoms with Gasteiger partial charge in [0.05, 0.1) is 4.90 Å². The molecule has 2 bridgehead atoms. The zero-order chi connectivity index (χ0) is 19.5. The fourth-order valence-corrected chi connectivity index (χ4v) is 5.72. The van der Waals surface area contributed by atoms with Gasteiger partial charge in [0.1, 0.15) is 0 Å². The summed E-state index contributed by atoms with van der Waals surface area (Å²) in [6.45, 7) is 1.07. The number of benzene rings is 2. The largest absolute Gasteiger partial charge is 0.368 e. The van der Waals surface area contributed by atoms with Crippen LogP contribution in [0.1, 0.15) is 19.3 Å². The van der Waals surface area contributed by atoms with Crippen molar-refractivity contribution in [2.45, 2.75) is 30.2 Å². The highest BCUT2D eigenvalue weighted by molar-refractivity contribution is 7.89. The molecule has 1 aromatic heterocycles. The molecule has 0 spiro atoms. The van der Waals surface area contributed by atoms with E-state index in [1.54, 1.807) is 20.2 Å². The Morgan fingerprint density at radius 1 is 1.07 bits per heavy atom. The summed E-state index contributed by atoms with van der Waals surface area (Å²) in [5, 5.41) is 1.13. The van der Waals surface area contributed by atoms with Gasteiger partial charge >= 0.3 is 0 Å². The molecular weight excluding hydrogens is 370 g/mol. The van der Waals surface area contributed by atoms with Crippen molar-refractivity contribution in [3.05, 3.63) is 48.5 Å². The molecular formula is C22H25N3O2S. The van der Waals surface area contributed by atoms with E-state index in [2.05, 4.69) is 28.1 Å². The van der Waals surface area contributed by atoms with Crippen LogP contribution in [0.4, 0.5) is 5.69 Å². The van der Waals surface area contributed by atoms with Crippen LogP contribution in [0.5, 0.6) is 0 Å². The normalized spacial score (nSPS) is 21.9. The lowest BCUT2D eigenvalue weighted by molar-refractivity contribution is 0.520. The summed E-state index contributed by atoms with van der Waals surface area (Å²) in [5.74, 6) is 0.769. The van der Waals surface area contributed by atoms with Gasteiger partial charge in [-0.1, -0.05) is 18.2 Å². The van der Waals surface area contributed by atoms with E-state index in [1.807, 2.05) is 24.3 Å². The van der Waals surface area contributed by atoms with Crippen molar-refractivity contribution in [3.8, 4) is 11.3 Å². The first-order chi connectivity index (χ1) is 13.4. The molecule has 28 heavy (non-hydrogen) atoms. The molecule has 1 saturated carbocycles. The highest BCUT2D eigenvalue weighted by Gasteiger charge is 2.39. The molecule has 0 amide bonds. The predicted molar refractivity (Wildman–Crippen MR) is 113 cm³/mol. The molecule has 2 fully saturated rings. The summed E-state index contributed by atoms with van der Waals surface area (Å²) in [7, 11) is -0.338. The Morgan fingerprint density at radius 2 is 1.89 bits per heavy atom. The van der Waals surface area contributed by atoms with Crippen molar-refractivity contribution >= 4 is 26.6 Å². The average Bonchev–Trinajstić information content (AvgIpc) is 3.42. The third-order valence-electron chi connectivity index (χ3n) is 6.29. The maximum atomic E-state index is 12.7. The van der Waals surface area contributed by atoms with E-state index in [0.717, 1.165) is 40.3 Å². The number of hydrogen-bond donors (Lipinski definition) is 1. The van der Waals surface area contributed by atoms with Crippen LogP contribution < -0.4 is 4.90 Å². The van der Waals surface area contributed by atoms with Gasteiger partial charge in [0.25, 0.3) is 0 Å². The van der Waals surface area contributed by atoms with E-state index in [-0.39, 0.29) is 0 Å². The molecule has 6 heteroatoms. The molecule has 2 atom stereocenters. The lowest BCUT2D eigenvalue weighted by atomic mass is 10.0. The first-order valence-corrected chi connectivity index (χ1v) is 11.3. The van der Waals surface area contributed by atoms with Gasteiger partial charge in [-0.25, -0.2) is 12.7 Å². The monoisotopic (exact) mass is 395 g/mol. The van der Waals surface area contributed by atoms with Gasteiger partial charge < -0.3 is 9.88 Å². The maximum absolute atomic E-state index is 12.7. The van der Waals surface area contributed by atoms with Crippen molar-refractivity contribution in [1.29, 1.82) is 0 Å². The van der Waals surface area contributed by atoms with Gasteiger partial charge in [-0.15, -0.1) is 0 Å². The Bertz CT molecular complexity index is 1120. The quantitative estimate of drug-likeness (QED) is 0.724. The Labute approximate surface area is 166 Å². The lowest BCUT2D eigenvalue weighted by Gasteiger charge is -2.31. The number of H-pyrrole nitrogens is 1. The molecule has 2 heterocycles. The topological polar surface area (TPSA) is 56.4 Å². The summed E-state index contributed by atoms with van der Waals surface area (Å²) < 4.78 is 26.8. The summed E-state index contributed by atoms with van der Waals surface area (Å²) >= 11 is 0. The molecule has 5 rings (SSSR count). The lowest BCUT2D eigenvalue weighted by Crippen LogP contribution is -2.32. The molecule has 2 unspecified atom stereocenters. The van der Waals surface area contributed by atoms with Crippen molar-refractivity contribution in [2.75, 3.05) is 25.5 Å². The van der Waals surface area contributed by atoms with Crippen molar-refractivity contribution < 1.29 is 8.42 Å². The van der Waals surface area contributed by atoms with E-state index in [9.17, 15) is 8.42 Å². The number of rotatable bonds is 4. The number of anilines is 1. The molecule has 2 aromatic carbocycles. The van der Waals surface area contributed by atoms with E-state index < -0.39 is 10.0 Å². The van der Waals surface area contributed by atoms with E-state index in [0.29, 0.717) is 10.9 Å². The summed E-state index contributed by atoms with van der Waals surface area (Å²) in [4.78, 5) is 6.31. The summed E-state index contributed by atoms with van der Waals surface area (Å²) in [6.07, 6.45) is 3.80. The third-order valence-corrected chi connectivity index (χ3v) is 8.10. The number of nitrogens with zero attached hydrogens (tertiary/aromatic N) is 2. The Kier molecular flexibility index (Phi) is 4.03. The van der Waals surface area contributed by atoms with Crippen LogP contribution in [-0.2, 0) is 10.0 Å². The molecule has 3 aromatic rings. The summed E-state index contributed by atoms with van der Waals surface area (Å²) in [6, 6.07) is 16.4. The van der Waals surface area contributed by atoms with Crippen LogP contribution in [0.2, 0.25) is 0 Å². The van der Waals surface area contributed by atoms with Gasteiger partial charge in [0.15, 0.2) is 0 Å². The zero-order valence-corrected chi connectivity index (χ0v) is 17.0. The molecule has 1 N–H and O–H groups in total. The van der Waals surface area contributed by atoms with Crippen LogP contribution in [0.15, 0.2) is 53.4 Å². The van der Waals surface area contributed by atoms with Gasteiger partial charge in [-0.2, -0.15) is 0 Å². The summed E-state index contributed by atoms with van der Waals surface area (Å²) in [5.41, 5.74) is 4.13. The van der Waals surface area contributed by atoms with E-state index in [1.165, 1.54) is 23.6 Å². The van der Waals surface area contributed by atoms with Crippen molar-refractivity contribution in [1.82, 2.24) is 9.29 Å². The number of sulfonamides is 1. The molecule has 2 aliphatic rings. The smallest absolute Gasteiger partial charge is 0.242 e. The number of hydrogen-bond acceptors (Lipinski definition) is 3. The minimum Gasteiger partial charge on any atom is -0.368 e. The minimum absolute atomic E-state index is 0.333. The Hall–Kier alpha value is -2.31. The van der Waals surface area contributed by atoms with Crippen LogP contribution in [0.3, 0.4) is 0 Å². The second-order valence-corrected chi connectivity index (χ2v) is 10.4. The van der Waals surface area contributed by atoms with Crippen molar-refractivity contribution in [3.63, 3.8) is 0 Å². The van der Waals surface area contributed by atoms with Gasteiger partial charge in [0.2, 0.25) is 10.0 Å². The van der Waals surface area contributed by atoms with Crippen LogP contribution in [0, 0.1) is 5.92 Å². The average molecular weight is 396 g/mol. The number of piperidine rings is 1. The Balaban J connectivity index is 1.69. The van der Waals surface area contributed by atoms with Gasteiger partial charge in [-0.05, 0) is 55.5 Å². The Morgan fingerprint density at radius 3 is 2.57 bits per heavy atom.